The molecule has 1 atom stereocenters. The van der Waals surface area contributed by atoms with Crippen molar-refractivity contribution in [3.05, 3.63) is 30.1 Å². The fraction of sp³-hybridized carbons (Fsp3) is 0.706. The third-order valence-corrected chi connectivity index (χ3v) is 5.30. The highest BCUT2D eigenvalue weighted by Crippen LogP contribution is 2.31. The van der Waals surface area contributed by atoms with Crippen LogP contribution in [0.3, 0.4) is 0 Å². The lowest BCUT2D eigenvalue weighted by atomic mass is 9.83. The van der Waals surface area contributed by atoms with Crippen LogP contribution < -0.4 is 5.32 Å². The van der Waals surface area contributed by atoms with Crippen molar-refractivity contribution in [2.75, 3.05) is 13.1 Å². The molecule has 1 aromatic heterocycles. The number of hydrogen-bond donors (Lipinski definition) is 1. The molecule has 20 heavy (non-hydrogen) atoms. The summed E-state index contributed by atoms with van der Waals surface area (Å²) < 4.78 is 0. The van der Waals surface area contributed by atoms with E-state index >= 15 is 0 Å². The van der Waals surface area contributed by atoms with Gasteiger partial charge in [-0.25, -0.2) is 0 Å². The molecular formula is C17H29N3. The van der Waals surface area contributed by atoms with Crippen LogP contribution in [0.2, 0.25) is 0 Å². The Hall–Kier alpha value is -0.930. The molecule has 0 amide bonds. The average Bonchev–Trinajstić information content (AvgIpc) is 2.51. The Morgan fingerprint density at radius 1 is 1.20 bits per heavy atom. The highest BCUT2D eigenvalue weighted by molar-refractivity contribution is 5.08. The molecule has 2 rings (SSSR count). The number of hydrogen-bond acceptors (Lipinski definition) is 3. The van der Waals surface area contributed by atoms with Crippen molar-refractivity contribution in [3.8, 4) is 0 Å². The van der Waals surface area contributed by atoms with Gasteiger partial charge in [0.15, 0.2) is 0 Å². The van der Waals surface area contributed by atoms with E-state index in [0.29, 0.717) is 0 Å². The lowest BCUT2D eigenvalue weighted by molar-refractivity contribution is 0.00193. The largest absolute Gasteiger partial charge is 0.308 e. The molecule has 0 radical (unpaired) electrons. The maximum Gasteiger partial charge on any atom is 0.0544 e. The average molecular weight is 275 g/mol. The molecule has 0 bridgehead atoms. The Kier molecular flexibility index (Phi) is 4.82. The molecule has 1 aliphatic rings. The minimum Gasteiger partial charge on any atom is -0.308 e. The van der Waals surface area contributed by atoms with Crippen LogP contribution in [0, 0.1) is 0 Å². The number of piperazine rings is 1. The van der Waals surface area contributed by atoms with Crippen molar-refractivity contribution in [3.63, 3.8) is 0 Å². The number of rotatable bonds is 5. The van der Waals surface area contributed by atoms with Crippen LogP contribution in [0.4, 0.5) is 0 Å². The van der Waals surface area contributed by atoms with Crippen LogP contribution in [-0.4, -0.2) is 34.1 Å². The first-order valence-corrected chi connectivity index (χ1v) is 7.97. The Morgan fingerprint density at radius 2 is 1.95 bits per heavy atom. The van der Waals surface area contributed by atoms with Crippen LogP contribution >= 0.6 is 0 Å². The second-order valence-electron chi connectivity index (χ2n) is 6.37. The SMILES string of the molecule is CCC1(CC)CN(Cc2ccccn2)C(C)(CC)CN1. The minimum atomic E-state index is 0.228. The van der Waals surface area contributed by atoms with Gasteiger partial charge >= 0.3 is 0 Å². The number of nitrogens with zero attached hydrogens (tertiary/aromatic N) is 2. The standard InChI is InChI=1S/C17H29N3/c1-5-16(4)13-19-17(6-2,7-3)14-20(16)12-15-10-8-9-11-18-15/h8-11,19H,5-7,12-14H2,1-4H3. The van der Waals surface area contributed by atoms with Gasteiger partial charge in [-0.05, 0) is 38.3 Å². The highest BCUT2D eigenvalue weighted by Gasteiger charge is 2.42. The molecule has 1 aromatic rings. The first kappa shape index (κ1) is 15.5. The number of aromatic nitrogens is 1. The third kappa shape index (κ3) is 3.04. The summed E-state index contributed by atoms with van der Waals surface area (Å²) in [6.07, 6.45) is 5.42. The molecule has 112 valence electrons. The lowest BCUT2D eigenvalue weighted by Crippen LogP contribution is -2.68. The summed E-state index contributed by atoms with van der Waals surface area (Å²) >= 11 is 0. The maximum absolute atomic E-state index is 4.51. The topological polar surface area (TPSA) is 28.2 Å². The van der Waals surface area contributed by atoms with Gasteiger partial charge in [0.25, 0.3) is 0 Å². The highest BCUT2D eigenvalue weighted by atomic mass is 15.3. The minimum absolute atomic E-state index is 0.228. The predicted octanol–water partition coefficient (Wildman–Crippen LogP) is 3.21. The van der Waals surface area contributed by atoms with Gasteiger partial charge in [0.1, 0.15) is 0 Å². The zero-order valence-corrected chi connectivity index (χ0v) is 13.4. The van der Waals surface area contributed by atoms with Gasteiger partial charge in [-0.1, -0.05) is 26.8 Å². The van der Waals surface area contributed by atoms with Crippen LogP contribution in [-0.2, 0) is 6.54 Å². The van der Waals surface area contributed by atoms with E-state index < -0.39 is 0 Å². The van der Waals surface area contributed by atoms with Gasteiger partial charge in [0, 0.05) is 36.9 Å². The first-order valence-electron chi connectivity index (χ1n) is 7.97. The molecule has 1 saturated heterocycles. The van der Waals surface area contributed by atoms with Crippen molar-refractivity contribution < 1.29 is 0 Å². The second-order valence-corrected chi connectivity index (χ2v) is 6.37. The molecule has 1 aliphatic heterocycles. The van der Waals surface area contributed by atoms with E-state index in [0.717, 1.165) is 26.1 Å². The molecule has 1 N–H and O–H groups in total. The summed E-state index contributed by atoms with van der Waals surface area (Å²) in [7, 11) is 0. The molecule has 0 aliphatic carbocycles. The van der Waals surface area contributed by atoms with Crippen LogP contribution in [0.5, 0.6) is 0 Å². The number of nitrogens with one attached hydrogen (secondary N) is 1. The zero-order valence-electron chi connectivity index (χ0n) is 13.4. The normalized spacial score (nSPS) is 26.6. The molecule has 0 spiro atoms. The smallest absolute Gasteiger partial charge is 0.0544 e. The van der Waals surface area contributed by atoms with E-state index in [2.05, 4.69) is 55.0 Å². The van der Waals surface area contributed by atoms with Gasteiger partial charge in [-0.2, -0.15) is 0 Å². The van der Waals surface area contributed by atoms with Crippen LogP contribution in [0.25, 0.3) is 0 Å². The first-order chi connectivity index (χ1) is 9.57. The monoisotopic (exact) mass is 275 g/mol. The summed E-state index contributed by atoms with van der Waals surface area (Å²) in [5.74, 6) is 0. The zero-order chi connectivity index (χ0) is 14.6. The third-order valence-electron chi connectivity index (χ3n) is 5.30. The van der Waals surface area contributed by atoms with E-state index in [1.807, 2.05) is 12.3 Å². The second kappa shape index (κ2) is 6.23. The molecular weight excluding hydrogens is 246 g/mol. The van der Waals surface area contributed by atoms with Gasteiger partial charge < -0.3 is 5.32 Å². The summed E-state index contributed by atoms with van der Waals surface area (Å²) in [5.41, 5.74) is 1.67. The Morgan fingerprint density at radius 3 is 2.50 bits per heavy atom. The van der Waals surface area contributed by atoms with Gasteiger partial charge in [0.05, 0.1) is 5.69 Å². The number of pyridine rings is 1. The van der Waals surface area contributed by atoms with E-state index in [1.165, 1.54) is 18.5 Å². The summed E-state index contributed by atoms with van der Waals surface area (Å²) in [6, 6.07) is 6.21. The van der Waals surface area contributed by atoms with Gasteiger partial charge in [0.2, 0.25) is 0 Å². The van der Waals surface area contributed by atoms with Crippen LogP contribution in [0.15, 0.2) is 24.4 Å². The molecule has 0 saturated carbocycles. The predicted molar refractivity (Wildman–Crippen MR) is 84.7 cm³/mol. The van der Waals surface area contributed by atoms with Crippen LogP contribution in [0.1, 0.15) is 52.7 Å². The summed E-state index contributed by atoms with van der Waals surface area (Å²) in [6.45, 7) is 12.4. The van der Waals surface area contributed by atoms with Crippen molar-refractivity contribution in [2.24, 2.45) is 0 Å². The molecule has 3 heteroatoms. The Labute approximate surface area is 123 Å². The molecule has 2 heterocycles. The van der Waals surface area contributed by atoms with E-state index in [4.69, 9.17) is 0 Å². The molecule has 1 unspecified atom stereocenters. The fourth-order valence-corrected chi connectivity index (χ4v) is 3.11. The molecule has 3 nitrogen and oxygen atoms in total. The van der Waals surface area contributed by atoms with Gasteiger partial charge in [-0.3, -0.25) is 9.88 Å². The van der Waals surface area contributed by atoms with Crippen molar-refractivity contribution in [1.82, 2.24) is 15.2 Å². The molecule has 0 aromatic carbocycles. The van der Waals surface area contributed by atoms with Crippen molar-refractivity contribution >= 4 is 0 Å². The summed E-state index contributed by atoms with van der Waals surface area (Å²) in [4.78, 5) is 7.15. The van der Waals surface area contributed by atoms with Gasteiger partial charge in [-0.15, -0.1) is 0 Å². The fourth-order valence-electron chi connectivity index (χ4n) is 3.11. The Bertz CT molecular complexity index is 414. The van der Waals surface area contributed by atoms with Crippen molar-refractivity contribution in [2.45, 2.75) is 64.6 Å². The van der Waals surface area contributed by atoms with Crippen molar-refractivity contribution in [1.29, 1.82) is 0 Å². The van der Waals surface area contributed by atoms with E-state index in [9.17, 15) is 0 Å². The lowest BCUT2D eigenvalue weighted by Gasteiger charge is -2.53. The quantitative estimate of drug-likeness (QED) is 0.894. The van der Waals surface area contributed by atoms with E-state index in [-0.39, 0.29) is 11.1 Å². The molecule has 1 fully saturated rings. The van der Waals surface area contributed by atoms with E-state index in [1.54, 1.807) is 0 Å². The summed E-state index contributed by atoms with van der Waals surface area (Å²) in [5, 5.41) is 3.83. The Balaban J connectivity index is 2.19. The maximum atomic E-state index is 4.51.